The number of hydrogen-bond donors (Lipinski definition) is 1. The fourth-order valence-electron chi connectivity index (χ4n) is 0.0970. The maximum atomic E-state index is 9.51. The molecule has 4 heteroatoms. The lowest BCUT2D eigenvalue weighted by Crippen LogP contribution is -1.97. The average Bonchev–Trinajstić information content (AvgIpc) is 1.61. The van der Waals surface area contributed by atoms with Crippen molar-refractivity contribution in [1.29, 1.82) is 0 Å². The lowest BCUT2D eigenvalue weighted by Gasteiger charge is -1.80. The highest BCUT2D eigenvalue weighted by atomic mass is 79.9. The van der Waals surface area contributed by atoms with Crippen molar-refractivity contribution in [3.05, 3.63) is 9.59 Å². The summed E-state index contributed by atoms with van der Waals surface area (Å²) in [5.41, 5.74) is 0. The van der Waals surface area contributed by atoms with Gasteiger partial charge >= 0.3 is 0 Å². The molecule has 0 aromatic heterocycles. The molecule has 0 unspecified atom stereocenters. The molecule has 0 aliphatic heterocycles. The van der Waals surface area contributed by atoms with E-state index in [0.29, 0.717) is 9.80 Å². The van der Waals surface area contributed by atoms with Crippen LogP contribution in [0.25, 0.3) is 0 Å². The third-order valence-electron chi connectivity index (χ3n) is 0.260. The second kappa shape index (κ2) is 4.33. The molecule has 0 saturated heterocycles. The Morgan fingerprint density at radius 1 is 1.57 bits per heavy atom. The minimum atomic E-state index is 0.586. The lowest BCUT2D eigenvalue weighted by molar-refractivity contribution is -0.108. The van der Waals surface area contributed by atoms with Crippen molar-refractivity contribution < 1.29 is 4.79 Å². The Kier molecular flexibility index (Phi) is 4.44. The van der Waals surface area contributed by atoms with E-state index in [1.165, 1.54) is 6.20 Å². The molecule has 0 bridgehead atoms. The van der Waals surface area contributed by atoms with Crippen molar-refractivity contribution in [2.45, 2.75) is 0 Å². The normalized spacial score (nSPS) is 7.14. The van der Waals surface area contributed by atoms with E-state index in [1.807, 2.05) is 0 Å². The Morgan fingerprint density at radius 2 is 2.14 bits per heavy atom. The van der Waals surface area contributed by atoms with Crippen LogP contribution in [0.4, 0.5) is 0 Å². The van der Waals surface area contributed by atoms with E-state index >= 15 is 0 Å². The van der Waals surface area contributed by atoms with Gasteiger partial charge in [-0.2, -0.15) is 0 Å². The van der Waals surface area contributed by atoms with Crippen LogP contribution in [0.15, 0.2) is 9.59 Å². The first-order valence-corrected chi connectivity index (χ1v) is 3.07. The Hall–Kier alpha value is 0.170. The summed E-state index contributed by atoms with van der Waals surface area (Å²) >= 11 is 6.06. The quantitative estimate of drug-likeness (QED) is 0.710. The highest BCUT2D eigenvalue weighted by Crippen LogP contribution is 2.09. The molecule has 1 amide bonds. The van der Waals surface area contributed by atoms with Crippen molar-refractivity contribution in [2.24, 2.45) is 0 Å². The molecule has 0 aromatic rings. The van der Waals surface area contributed by atoms with E-state index in [9.17, 15) is 4.79 Å². The minimum absolute atomic E-state index is 0.586. The van der Waals surface area contributed by atoms with Crippen LogP contribution in [0.1, 0.15) is 0 Å². The van der Waals surface area contributed by atoms with Crippen LogP contribution >= 0.6 is 31.9 Å². The molecule has 0 spiro atoms. The number of hydrogen-bond acceptors (Lipinski definition) is 1. The fourth-order valence-corrected chi connectivity index (χ4v) is 0.361. The smallest absolute Gasteiger partial charge is 0.211 e. The molecular formula is C3H3Br2NO. The predicted molar refractivity (Wildman–Crippen MR) is 35.1 cm³/mol. The van der Waals surface area contributed by atoms with Crippen LogP contribution in [0, 0.1) is 0 Å². The summed E-state index contributed by atoms with van der Waals surface area (Å²) in [6, 6.07) is 0. The molecule has 0 fully saturated rings. The Bertz CT molecular complexity index is 86.9. The van der Waals surface area contributed by atoms with Crippen LogP contribution in [0.2, 0.25) is 0 Å². The van der Waals surface area contributed by atoms with Crippen LogP contribution in [-0.2, 0) is 4.79 Å². The highest BCUT2D eigenvalue weighted by Gasteiger charge is 1.74. The SMILES string of the molecule is O=CNC=C(Br)Br. The molecule has 0 aliphatic rings. The third kappa shape index (κ3) is 6.17. The van der Waals surface area contributed by atoms with Crippen molar-refractivity contribution in [3.63, 3.8) is 0 Å². The molecule has 40 valence electrons. The molecule has 1 N–H and O–H groups in total. The van der Waals surface area contributed by atoms with Crippen LogP contribution < -0.4 is 5.32 Å². The van der Waals surface area contributed by atoms with Gasteiger partial charge < -0.3 is 5.32 Å². The van der Waals surface area contributed by atoms with Gasteiger partial charge in [-0.1, -0.05) is 0 Å². The van der Waals surface area contributed by atoms with Gasteiger partial charge in [-0.15, -0.1) is 0 Å². The number of carbonyl (C=O) groups excluding carboxylic acids is 1. The molecular weight excluding hydrogens is 226 g/mol. The van der Waals surface area contributed by atoms with Gasteiger partial charge in [0, 0.05) is 6.20 Å². The maximum absolute atomic E-state index is 9.51. The van der Waals surface area contributed by atoms with Crippen molar-refractivity contribution >= 4 is 38.3 Å². The number of carbonyl (C=O) groups is 1. The van der Waals surface area contributed by atoms with Crippen LogP contribution in [0.3, 0.4) is 0 Å². The second-order valence-electron chi connectivity index (χ2n) is 0.719. The Labute approximate surface area is 58.2 Å². The summed E-state index contributed by atoms with van der Waals surface area (Å²) in [6.07, 6.45) is 2.06. The molecule has 2 nitrogen and oxygen atoms in total. The largest absolute Gasteiger partial charge is 0.334 e. The summed E-state index contributed by atoms with van der Waals surface area (Å²) in [7, 11) is 0. The summed E-state index contributed by atoms with van der Waals surface area (Å²) in [5, 5.41) is 2.31. The molecule has 7 heavy (non-hydrogen) atoms. The number of nitrogens with one attached hydrogen (secondary N) is 1. The van der Waals surface area contributed by atoms with Crippen molar-refractivity contribution in [2.75, 3.05) is 0 Å². The summed E-state index contributed by atoms with van der Waals surface area (Å²) in [4.78, 5) is 9.51. The zero-order valence-electron chi connectivity index (χ0n) is 3.32. The van der Waals surface area contributed by atoms with Crippen LogP contribution in [-0.4, -0.2) is 6.41 Å². The summed E-state index contributed by atoms with van der Waals surface area (Å²) in [6.45, 7) is 0. The predicted octanol–water partition coefficient (Wildman–Crippen LogP) is 1.32. The third-order valence-corrected chi connectivity index (χ3v) is 0.718. The molecule has 0 atom stereocenters. The van der Waals surface area contributed by atoms with Crippen molar-refractivity contribution in [3.8, 4) is 0 Å². The first-order chi connectivity index (χ1) is 3.27. The molecule has 0 saturated carbocycles. The molecule has 0 aliphatic carbocycles. The van der Waals surface area contributed by atoms with Gasteiger partial charge in [-0.05, 0) is 31.9 Å². The van der Waals surface area contributed by atoms with Gasteiger partial charge in [0.05, 0.1) is 3.39 Å². The maximum Gasteiger partial charge on any atom is 0.211 e. The fraction of sp³-hybridized carbons (Fsp3) is 0. The minimum Gasteiger partial charge on any atom is -0.334 e. The van der Waals surface area contributed by atoms with E-state index in [1.54, 1.807) is 0 Å². The van der Waals surface area contributed by atoms with Gasteiger partial charge in [0.2, 0.25) is 6.41 Å². The highest BCUT2D eigenvalue weighted by molar-refractivity contribution is 9.28. The number of amides is 1. The zero-order chi connectivity index (χ0) is 5.70. The van der Waals surface area contributed by atoms with Gasteiger partial charge in [-0.3, -0.25) is 4.79 Å². The van der Waals surface area contributed by atoms with E-state index in [0.717, 1.165) is 0 Å². The van der Waals surface area contributed by atoms with E-state index in [2.05, 4.69) is 37.2 Å². The first kappa shape index (κ1) is 7.17. The Morgan fingerprint density at radius 3 is 2.29 bits per heavy atom. The van der Waals surface area contributed by atoms with Gasteiger partial charge in [-0.25, -0.2) is 0 Å². The number of halogens is 2. The monoisotopic (exact) mass is 227 g/mol. The van der Waals surface area contributed by atoms with Gasteiger partial charge in [0.25, 0.3) is 0 Å². The Balaban J connectivity index is 3.25. The molecule has 0 heterocycles. The number of rotatable bonds is 2. The van der Waals surface area contributed by atoms with E-state index in [4.69, 9.17) is 0 Å². The molecule has 0 aromatic carbocycles. The zero-order valence-corrected chi connectivity index (χ0v) is 6.49. The van der Waals surface area contributed by atoms with E-state index in [-0.39, 0.29) is 0 Å². The lowest BCUT2D eigenvalue weighted by atomic mass is 11.0. The second-order valence-corrected chi connectivity index (χ2v) is 3.49. The van der Waals surface area contributed by atoms with Gasteiger partial charge in [0.15, 0.2) is 0 Å². The van der Waals surface area contributed by atoms with Gasteiger partial charge in [0.1, 0.15) is 0 Å². The molecule has 0 radical (unpaired) electrons. The first-order valence-electron chi connectivity index (χ1n) is 1.48. The van der Waals surface area contributed by atoms with Crippen LogP contribution in [0.5, 0.6) is 0 Å². The topological polar surface area (TPSA) is 29.1 Å². The summed E-state index contributed by atoms with van der Waals surface area (Å²) < 4.78 is 0.715. The van der Waals surface area contributed by atoms with Crippen molar-refractivity contribution in [1.82, 2.24) is 5.32 Å². The average molecular weight is 229 g/mol. The van der Waals surface area contributed by atoms with E-state index < -0.39 is 0 Å². The standard InChI is InChI=1S/C3H3Br2NO/c4-3(5)1-6-2-7/h1-2H,(H,6,7). The molecule has 0 rings (SSSR count). The summed E-state index contributed by atoms with van der Waals surface area (Å²) in [5.74, 6) is 0.